The number of nitrogens with one attached hydrogen (secondary N) is 1. The minimum absolute atomic E-state index is 0.0870. The third-order valence-electron chi connectivity index (χ3n) is 3.03. The molecule has 0 saturated carbocycles. The summed E-state index contributed by atoms with van der Waals surface area (Å²) in [5, 5.41) is 3.26. The summed E-state index contributed by atoms with van der Waals surface area (Å²) in [6, 6.07) is 3.63. The van der Waals surface area contributed by atoms with Gasteiger partial charge in [-0.15, -0.1) is 0 Å². The van der Waals surface area contributed by atoms with Crippen molar-refractivity contribution < 1.29 is 9.47 Å². The second-order valence-corrected chi connectivity index (χ2v) is 4.55. The highest BCUT2D eigenvalue weighted by molar-refractivity contribution is 5.53. The Labute approximate surface area is 101 Å². The van der Waals surface area contributed by atoms with E-state index in [0.717, 1.165) is 31.8 Å². The maximum absolute atomic E-state index is 5.70. The molecule has 0 spiro atoms. The summed E-state index contributed by atoms with van der Waals surface area (Å²) in [4.78, 5) is 4.27. The normalized spacial score (nSPS) is 23.6. The van der Waals surface area contributed by atoms with Crippen LogP contribution in [0.1, 0.15) is 19.8 Å². The molecule has 2 rings (SSSR count). The molecule has 0 amide bonds. The predicted molar refractivity (Wildman–Crippen MR) is 67.3 cm³/mol. The fourth-order valence-electron chi connectivity index (χ4n) is 1.97. The molecule has 5 nitrogen and oxygen atoms in total. The second-order valence-electron chi connectivity index (χ2n) is 4.55. The number of aromatic nitrogens is 1. The number of ether oxygens (including phenoxy) is 2. The van der Waals surface area contributed by atoms with Crippen LogP contribution in [0.5, 0.6) is 5.88 Å². The van der Waals surface area contributed by atoms with Crippen molar-refractivity contribution in [1.29, 1.82) is 0 Å². The molecule has 1 saturated heterocycles. The molecule has 0 aromatic carbocycles. The van der Waals surface area contributed by atoms with Crippen LogP contribution in [-0.4, -0.2) is 30.8 Å². The average Bonchev–Trinajstić information content (AvgIpc) is 2.76. The highest BCUT2D eigenvalue weighted by Crippen LogP contribution is 2.26. The van der Waals surface area contributed by atoms with Gasteiger partial charge in [0.25, 0.3) is 0 Å². The van der Waals surface area contributed by atoms with E-state index >= 15 is 0 Å². The molecule has 94 valence electrons. The first-order valence-electron chi connectivity index (χ1n) is 5.81. The predicted octanol–water partition coefficient (Wildman–Crippen LogP) is 1.65. The molecule has 1 aromatic rings. The number of nitrogens with zero attached hydrogens (tertiary/aromatic N) is 1. The molecule has 0 radical (unpaired) electrons. The van der Waals surface area contributed by atoms with E-state index in [0.29, 0.717) is 11.6 Å². The number of nitrogens with two attached hydrogens (primary N) is 1. The van der Waals surface area contributed by atoms with Crippen LogP contribution in [0.15, 0.2) is 12.1 Å². The number of anilines is 2. The highest BCUT2D eigenvalue weighted by Gasteiger charge is 2.29. The summed E-state index contributed by atoms with van der Waals surface area (Å²) in [7, 11) is 1.56. The van der Waals surface area contributed by atoms with Crippen LogP contribution < -0.4 is 15.8 Å². The first-order valence-corrected chi connectivity index (χ1v) is 5.81. The van der Waals surface area contributed by atoms with Crippen molar-refractivity contribution in [3.05, 3.63) is 12.1 Å². The lowest BCUT2D eigenvalue weighted by Gasteiger charge is -2.23. The molecule has 1 aliphatic heterocycles. The van der Waals surface area contributed by atoms with Gasteiger partial charge in [-0.25, -0.2) is 0 Å². The van der Waals surface area contributed by atoms with Gasteiger partial charge in [0.15, 0.2) is 0 Å². The van der Waals surface area contributed by atoms with Crippen molar-refractivity contribution in [2.45, 2.75) is 25.4 Å². The molecule has 0 bridgehead atoms. The van der Waals surface area contributed by atoms with Gasteiger partial charge in [0.1, 0.15) is 5.82 Å². The summed E-state index contributed by atoms with van der Waals surface area (Å²) in [6.07, 6.45) is 2.20. The van der Waals surface area contributed by atoms with E-state index in [1.807, 2.05) is 6.07 Å². The molecule has 0 aliphatic carbocycles. The van der Waals surface area contributed by atoms with E-state index in [4.69, 9.17) is 15.2 Å². The van der Waals surface area contributed by atoms with Crippen molar-refractivity contribution in [3.8, 4) is 5.88 Å². The molecule has 1 atom stereocenters. The van der Waals surface area contributed by atoms with Gasteiger partial charge in [-0.05, 0) is 31.9 Å². The monoisotopic (exact) mass is 237 g/mol. The number of hydrogen-bond acceptors (Lipinski definition) is 5. The van der Waals surface area contributed by atoms with Crippen LogP contribution in [0.2, 0.25) is 0 Å². The van der Waals surface area contributed by atoms with Crippen LogP contribution in [0.3, 0.4) is 0 Å². The fourth-order valence-corrected chi connectivity index (χ4v) is 1.97. The van der Waals surface area contributed by atoms with Gasteiger partial charge in [0.2, 0.25) is 5.88 Å². The fraction of sp³-hybridized carbons (Fsp3) is 0.583. The molecule has 5 heteroatoms. The molecule has 17 heavy (non-hydrogen) atoms. The van der Waals surface area contributed by atoms with Gasteiger partial charge in [-0.2, -0.15) is 4.98 Å². The third-order valence-corrected chi connectivity index (χ3v) is 3.03. The summed E-state index contributed by atoms with van der Waals surface area (Å²) in [5.74, 6) is 1.21. The first kappa shape index (κ1) is 12.0. The Morgan fingerprint density at radius 3 is 3.06 bits per heavy atom. The number of rotatable bonds is 4. The Bertz CT molecular complexity index is 389. The van der Waals surface area contributed by atoms with Gasteiger partial charge < -0.3 is 20.5 Å². The largest absolute Gasteiger partial charge is 0.479 e. The van der Waals surface area contributed by atoms with Crippen molar-refractivity contribution in [2.75, 3.05) is 31.3 Å². The smallest absolute Gasteiger partial charge is 0.238 e. The van der Waals surface area contributed by atoms with Crippen molar-refractivity contribution >= 4 is 11.5 Å². The molecule has 1 aromatic heterocycles. The van der Waals surface area contributed by atoms with Gasteiger partial charge in [-0.3, -0.25) is 0 Å². The van der Waals surface area contributed by atoms with Crippen molar-refractivity contribution in [1.82, 2.24) is 4.98 Å². The maximum atomic E-state index is 5.70. The Balaban J connectivity index is 1.99. The Hall–Kier alpha value is -1.49. The number of methoxy groups -OCH3 is 1. The quantitative estimate of drug-likeness (QED) is 0.833. The van der Waals surface area contributed by atoms with E-state index in [1.54, 1.807) is 13.2 Å². The molecule has 1 aliphatic rings. The van der Waals surface area contributed by atoms with Crippen molar-refractivity contribution in [2.24, 2.45) is 0 Å². The highest BCUT2D eigenvalue weighted by atomic mass is 16.5. The van der Waals surface area contributed by atoms with Gasteiger partial charge >= 0.3 is 0 Å². The lowest BCUT2D eigenvalue weighted by molar-refractivity contribution is 0.0314. The zero-order valence-corrected chi connectivity index (χ0v) is 10.3. The average molecular weight is 237 g/mol. The third kappa shape index (κ3) is 2.79. The summed E-state index contributed by atoms with van der Waals surface area (Å²) >= 11 is 0. The van der Waals surface area contributed by atoms with E-state index in [1.165, 1.54) is 0 Å². The molecular weight excluding hydrogens is 218 g/mol. The molecular formula is C12H19N3O2. The molecule has 2 heterocycles. The van der Waals surface area contributed by atoms with Gasteiger partial charge in [-0.1, -0.05) is 0 Å². The van der Waals surface area contributed by atoms with Gasteiger partial charge in [0, 0.05) is 13.2 Å². The lowest BCUT2D eigenvalue weighted by atomic mass is 10.0. The Morgan fingerprint density at radius 2 is 2.41 bits per heavy atom. The summed E-state index contributed by atoms with van der Waals surface area (Å²) < 4.78 is 10.8. The standard InChI is InChI=1S/C12H19N3O2/c1-12(6-3-7-17-12)8-14-10-5-4-9(13)11(15-10)16-2/h4-5H,3,6-8,13H2,1-2H3,(H,14,15). The van der Waals surface area contributed by atoms with E-state index in [9.17, 15) is 0 Å². The van der Waals surface area contributed by atoms with Crippen LogP contribution in [-0.2, 0) is 4.74 Å². The first-order chi connectivity index (χ1) is 8.13. The summed E-state index contributed by atoms with van der Waals surface area (Å²) in [6.45, 7) is 3.70. The minimum atomic E-state index is -0.0870. The minimum Gasteiger partial charge on any atom is -0.479 e. The lowest BCUT2D eigenvalue weighted by Crippen LogP contribution is -2.32. The Morgan fingerprint density at radius 1 is 1.59 bits per heavy atom. The van der Waals surface area contributed by atoms with E-state index < -0.39 is 0 Å². The van der Waals surface area contributed by atoms with Crippen LogP contribution in [0.4, 0.5) is 11.5 Å². The SMILES string of the molecule is COc1nc(NCC2(C)CCCO2)ccc1N. The zero-order chi connectivity index (χ0) is 12.3. The molecule has 3 N–H and O–H groups in total. The number of pyridine rings is 1. The van der Waals surface area contributed by atoms with E-state index in [-0.39, 0.29) is 5.60 Å². The maximum Gasteiger partial charge on any atom is 0.238 e. The zero-order valence-electron chi connectivity index (χ0n) is 10.3. The van der Waals surface area contributed by atoms with Crippen LogP contribution in [0.25, 0.3) is 0 Å². The number of nitrogen functional groups attached to an aromatic ring is 1. The van der Waals surface area contributed by atoms with Crippen LogP contribution >= 0.6 is 0 Å². The summed E-state index contributed by atoms with van der Waals surface area (Å²) in [5.41, 5.74) is 6.16. The molecule has 1 unspecified atom stereocenters. The van der Waals surface area contributed by atoms with E-state index in [2.05, 4.69) is 17.2 Å². The van der Waals surface area contributed by atoms with Crippen molar-refractivity contribution in [3.63, 3.8) is 0 Å². The Kier molecular flexibility index (Phi) is 3.38. The molecule has 1 fully saturated rings. The topological polar surface area (TPSA) is 69.4 Å². The van der Waals surface area contributed by atoms with Gasteiger partial charge in [0.05, 0.1) is 18.4 Å². The number of hydrogen-bond donors (Lipinski definition) is 2. The van der Waals surface area contributed by atoms with Crippen LogP contribution in [0, 0.1) is 0 Å². The second kappa shape index (κ2) is 4.79.